The lowest BCUT2D eigenvalue weighted by Gasteiger charge is -2.19. The largest absolute Gasteiger partial charge is 0.416 e. The highest BCUT2D eigenvalue weighted by molar-refractivity contribution is 7.99. The van der Waals surface area contributed by atoms with Crippen LogP contribution in [0.1, 0.15) is 42.9 Å². The summed E-state index contributed by atoms with van der Waals surface area (Å²) in [5.74, 6) is 0.513. The van der Waals surface area contributed by atoms with Gasteiger partial charge in [0.1, 0.15) is 0 Å². The smallest absolute Gasteiger partial charge is 0.323 e. The average molecular weight is 290 g/mol. The summed E-state index contributed by atoms with van der Waals surface area (Å²) in [5, 5.41) is 0.553. The van der Waals surface area contributed by atoms with Crippen molar-refractivity contribution in [2.24, 2.45) is 5.73 Å². The molecule has 2 nitrogen and oxygen atoms in total. The Morgan fingerprint density at radius 1 is 1.37 bits per heavy atom. The van der Waals surface area contributed by atoms with Crippen LogP contribution in [-0.4, -0.2) is 16.0 Å². The van der Waals surface area contributed by atoms with E-state index in [0.29, 0.717) is 11.0 Å². The highest BCUT2D eigenvalue weighted by Crippen LogP contribution is 2.36. The number of nitrogens with two attached hydrogens (primary N) is 1. The summed E-state index contributed by atoms with van der Waals surface area (Å²) in [4.78, 5) is 3.77. The summed E-state index contributed by atoms with van der Waals surface area (Å²) >= 11 is 1.69. The SMILES string of the molecule is NC(CSC1CCCC1)c1cnccc1C(F)(F)F. The third kappa shape index (κ3) is 3.86. The summed E-state index contributed by atoms with van der Waals surface area (Å²) in [6.07, 6.45) is 2.76. The van der Waals surface area contributed by atoms with Crippen LogP contribution in [-0.2, 0) is 6.18 Å². The topological polar surface area (TPSA) is 38.9 Å². The lowest BCUT2D eigenvalue weighted by Crippen LogP contribution is -2.20. The molecule has 0 saturated heterocycles. The van der Waals surface area contributed by atoms with Crippen molar-refractivity contribution in [1.82, 2.24) is 4.98 Å². The molecule has 6 heteroatoms. The van der Waals surface area contributed by atoms with E-state index in [4.69, 9.17) is 5.73 Å². The van der Waals surface area contributed by atoms with Gasteiger partial charge in [0.05, 0.1) is 5.56 Å². The molecule has 106 valence electrons. The number of hydrogen-bond acceptors (Lipinski definition) is 3. The van der Waals surface area contributed by atoms with Crippen LogP contribution in [0, 0.1) is 0 Å². The van der Waals surface area contributed by atoms with Gasteiger partial charge >= 0.3 is 6.18 Å². The zero-order valence-corrected chi connectivity index (χ0v) is 11.3. The summed E-state index contributed by atoms with van der Waals surface area (Å²) in [6, 6.07) is 0.381. The first-order valence-corrected chi connectivity index (χ1v) is 7.41. The normalized spacial score (nSPS) is 18.7. The van der Waals surface area contributed by atoms with Gasteiger partial charge in [0, 0.05) is 35.0 Å². The molecule has 1 aromatic heterocycles. The average Bonchev–Trinajstić information content (AvgIpc) is 2.88. The maximum atomic E-state index is 12.9. The summed E-state index contributed by atoms with van der Waals surface area (Å²) in [6.45, 7) is 0. The molecule has 0 aromatic carbocycles. The minimum absolute atomic E-state index is 0.0977. The molecule has 0 aliphatic heterocycles. The maximum Gasteiger partial charge on any atom is 0.416 e. The number of thioether (sulfide) groups is 1. The fraction of sp³-hybridized carbons (Fsp3) is 0.615. The van der Waals surface area contributed by atoms with E-state index >= 15 is 0 Å². The van der Waals surface area contributed by atoms with E-state index in [1.165, 1.54) is 19.0 Å². The van der Waals surface area contributed by atoms with Crippen molar-refractivity contribution in [2.45, 2.75) is 43.2 Å². The summed E-state index contributed by atoms with van der Waals surface area (Å²) in [7, 11) is 0. The predicted octanol–water partition coefficient (Wildman–Crippen LogP) is 3.78. The first-order chi connectivity index (χ1) is 8.98. The molecule has 1 unspecified atom stereocenters. The van der Waals surface area contributed by atoms with E-state index in [2.05, 4.69) is 4.98 Å². The zero-order valence-electron chi connectivity index (χ0n) is 10.5. The fourth-order valence-electron chi connectivity index (χ4n) is 2.34. The number of pyridine rings is 1. The molecule has 1 aliphatic rings. The van der Waals surface area contributed by atoms with Crippen molar-refractivity contribution in [2.75, 3.05) is 5.75 Å². The Bertz CT molecular complexity index is 417. The van der Waals surface area contributed by atoms with E-state index in [1.54, 1.807) is 11.8 Å². The number of halogens is 3. The predicted molar refractivity (Wildman–Crippen MR) is 70.9 cm³/mol. The van der Waals surface area contributed by atoms with Crippen molar-refractivity contribution in [1.29, 1.82) is 0 Å². The molecule has 1 aromatic rings. The second-order valence-corrected chi connectivity index (χ2v) is 6.14. The Labute approximate surface area is 115 Å². The Balaban J connectivity index is 2.03. The van der Waals surface area contributed by atoms with Gasteiger partial charge in [-0.3, -0.25) is 4.98 Å². The highest BCUT2D eigenvalue weighted by atomic mass is 32.2. The van der Waals surface area contributed by atoms with Gasteiger partial charge in [0.15, 0.2) is 0 Å². The molecule has 1 heterocycles. The quantitative estimate of drug-likeness (QED) is 0.917. The van der Waals surface area contributed by atoms with E-state index in [0.717, 1.165) is 25.1 Å². The molecule has 1 aliphatic carbocycles. The van der Waals surface area contributed by atoms with E-state index < -0.39 is 17.8 Å². The molecular formula is C13H17F3N2S. The van der Waals surface area contributed by atoms with Crippen molar-refractivity contribution in [3.63, 3.8) is 0 Å². The molecule has 1 saturated carbocycles. The lowest BCUT2D eigenvalue weighted by atomic mass is 10.0. The van der Waals surface area contributed by atoms with E-state index in [1.807, 2.05) is 0 Å². The van der Waals surface area contributed by atoms with E-state index in [9.17, 15) is 13.2 Å². The van der Waals surface area contributed by atoms with E-state index in [-0.39, 0.29) is 5.56 Å². The molecule has 2 rings (SSSR count). The second-order valence-electron chi connectivity index (χ2n) is 4.81. The molecule has 19 heavy (non-hydrogen) atoms. The molecule has 0 amide bonds. The highest BCUT2D eigenvalue weighted by Gasteiger charge is 2.34. The van der Waals surface area contributed by atoms with Gasteiger partial charge in [-0.1, -0.05) is 12.8 Å². The van der Waals surface area contributed by atoms with Gasteiger partial charge in [-0.15, -0.1) is 0 Å². The first kappa shape index (κ1) is 14.7. The summed E-state index contributed by atoms with van der Waals surface area (Å²) < 4.78 is 38.6. The number of alkyl halides is 3. The van der Waals surface area contributed by atoms with Gasteiger partial charge in [0.25, 0.3) is 0 Å². The lowest BCUT2D eigenvalue weighted by molar-refractivity contribution is -0.138. The van der Waals surface area contributed by atoms with Crippen LogP contribution in [0.4, 0.5) is 13.2 Å². The van der Waals surface area contributed by atoms with Crippen molar-refractivity contribution >= 4 is 11.8 Å². The fourth-order valence-corrected chi connectivity index (χ4v) is 3.67. The number of aromatic nitrogens is 1. The van der Waals surface area contributed by atoms with Crippen molar-refractivity contribution in [3.05, 3.63) is 29.6 Å². The number of nitrogens with zero attached hydrogens (tertiary/aromatic N) is 1. The molecule has 0 spiro atoms. The van der Waals surface area contributed by atoms with Crippen LogP contribution in [0.2, 0.25) is 0 Å². The van der Waals surface area contributed by atoms with Crippen molar-refractivity contribution < 1.29 is 13.2 Å². The monoisotopic (exact) mass is 290 g/mol. The Kier molecular flexibility index (Phi) is 4.73. The number of hydrogen-bond donors (Lipinski definition) is 1. The van der Waals surface area contributed by atoms with Gasteiger partial charge in [-0.2, -0.15) is 24.9 Å². The van der Waals surface area contributed by atoms with Crippen LogP contribution in [0.3, 0.4) is 0 Å². The van der Waals surface area contributed by atoms with Gasteiger partial charge in [0.2, 0.25) is 0 Å². The van der Waals surface area contributed by atoms with Crippen LogP contribution in [0.25, 0.3) is 0 Å². The Morgan fingerprint density at radius 3 is 2.68 bits per heavy atom. The molecule has 0 bridgehead atoms. The third-order valence-electron chi connectivity index (χ3n) is 3.37. The first-order valence-electron chi connectivity index (χ1n) is 6.37. The minimum atomic E-state index is -4.37. The van der Waals surface area contributed by atoms with Gasteiger partial charge in [-0.25, -0.2) is 0 Å². The van der Waals surface area contributed by atoms with Crippen LogP contribution in [0.15, 0.2) is 18.5 Å². The number of rotatable bonds is 4. The Hall–Kier alpha value is -0.750. The summed E-state index contributed by atoms with van der Waals surface area (Å²) in [5.41, 5.74) is 5.34. The van der Waals surface area contributed by atoms with Crippen LogP contribution < -0.4 is 5.73 Å². The molecular weight excluding hydrogens is 273 g/mol. The van der Waals surface area contributed by atoms with Gasteiger partial charge in [-0.05, 0) is 18.9 Å². The van der Waals surface area contributed by atoms with Crippen LogP contribution >= 0.6 is 11.8 Å². The van der Waals surface area contributed by atoms with Crippen molar-refractivity contribution in [3.8, 4) is 0 Å². The Morgan fingerprint density at radius 2 is 2.05 bits per heavy atom. The molecule has 2 N–H and O–H groups in total. The third-order valence-corrected chi connectivity index (χ3v) is 4.86. The maximum absolute atomic E-state index is 12.9. The molecule has 0 radical (unpaired) electrons. The standard InChI is InChI=1S/C13H17F3N2S/c14-13(15,16)11-5-6-18-7-10(11)12(17)8-19-9-3-1-2-4-9/h5-7,9,12H,1-4,8,17H2. The van der Waals surface area contributed by atoms with Gasteiger partial charge < -0.3 is 5.73 Å². The van der Waals surface area contributed by atoms with Crippen LogP contribution in [0.5, 0.6) is 0 Å². The minimum Gasteiger partial charge on any atom is -0.323 e. The zero-order chi connectivity index (χ0) is 13.9. The molecule has 1 fully saturated rings. The second kappa shape index (κ2) is 6.13. The molecule has 1 atom stereocenters.